The van der Waals surface area contributed by atoms with Crippen molar-refractivity contribution in [1.29, 1.82) is 0 Å². The third-order valence-electron chi connectivity index (χ3n) is 4.36. The molecule has 0 aromatic heterocycles. The Hall–Kier alpha value is -0.780. The van der Waals surface area contributed by atoms with Crippen molar-refractivity contribution in [3.05, 3.63) is 34.4 Å². The maximum absolute atomic E-state index is 2.48. The van der Waals surface area contributed by atoms with Gasteiger partial charge in [-0.05, 0) is 59.8 Å². The molecule has 1 rings (SSSR count). The van der Waals surface area contributed by atoms with Gasteiger partial charge >= 0.3 is 0 Å². The van der Waals surface area contributed by atoms with E-state index >= 15 is 0 Å². The molecule has 1 unspecified atom stereocenters. The van der Waals surface area contributed by atoms with Gasteiger partial charge in [-0.15, -0.1) is 0 Å². The Morgan fingerprint density at radius 2 is 1.37 bits per heavy atom. The van der Waals surface area contributed by atoms with Gasteiger partial charge in [-0.3, -0.25) is 0 Å². The van der Waals surface area contributed by atoms with Crippen LogP contribution >= 0.6 is 0 Å². The Morgan fingerprint density at radius 1 is 0.895 bits per heavy atom. The van der Waals surface area contributed by atoms with Crippen molar-refractivity contribution >= 4 is 0 Å². The zero-order valence-corrected chi connectivity index (χ0v) is 14.0. The normalized spacial score (nSPS) is 13.3. The first-order chi connectivity index (χ1) is 8.92. The van der Waals surface area contributed by atoms with Crippen molar-refractivity contribution < 1.29 is 0 Å². The second-order valence-corrected chi connectivity index (χ2v) is 6.53. The van der Waals surface area contributed by atoms with Crippen LogP contribution in [0.15, 0.2) is 12.1 Å². The summed E-state index contributed by atoms with van der Waals surface area (Å²) in [4.78, 5) is 0. The molecule has 1 atom stereocenters. The van der Waals surface area contributed by atoms with Gasteiger partial charge in [-0.1, -0.05) is 60.1 Å². The van der Waals surface area contributed by atoms with E-state index in [1.54, 1.807) is 16.7 Å². The molecule has 0 aliphatic carbocycles. The molecule has 0 fully saturated rings. The first-order valence-electron chi connectivity index (χ1n) is 8.06. The predicted octanol–water partition coefficient (Wildman–Crippen LogP) is 6.54. The highest BCUT2D eigenvalue weighted by Gasteiger charge is 2.16. The summed E-state index contributed by atoms with van der Waals surface area (Å²) in [7, 11) is 0. The Kier molecular flexibility index (Phi) is 6.10. The van der Waals surface area contributed by atoms with E-state index in [1.165, 1.54) is 24.8 Å². The third kappa shape index (κ3) is 3.84. The molecule has 108 valence electrons. The van der Waals surface area contributed by atoms with Crippen LogP contribution in [0.4, 0.5) is 0 Å². The highest BCUT2D eigenvalue weighted by molar-refractivity contribution is 5.42. The minimum absolute atomic E-state index is 0.622. The van der Waals surface area contributed by atoms with Gasteiger partial charge in [0, 0.05) is 0 Å². The Bertz CT molecular complexity index is 369. The van der Waals surface area contributed by atoms with E-state index in [4.69, 9.17) is 0 Å². The number of hydrogen-bond donors (Lipinski definition) is 0. The van der Waals surface area contributed by atoms with Gasteiger partial charge in [-0.25, -0.2) is 0 Å². The first-order valence-corrected chi connectivity index (χ1v) is 8.06. The molecule has 0 saturated carbocycles. The fourth-order valence-corrected chi connectivity index (χ4v) is 3.17. The lowest BCUT2D eigenvalue weighted by molar-refractivity contribution is 0.593. The van der Waals surface area contributed by atoms with E-state index in [1.807, 2.05) is 0 Å². The lowest BCUT2D eigenvalue weighted by atomic mass is 9.82. The van der Waals surface area contributed by atoms with Crippen LogP contribution < -0.4 is 0 Å². The Balaban J connectivity index is 3.32. The van der Waals surface area contributed by atoms with Gasteiger partial charge in [0.2, 0.25) is 0 Å². The molecule has 0 N–H and O–H groups in total. The van der Waals surface area contributed by atoms with Gasteiger partial charge in [0.25, 0.3) is 0 Å². The van der Waals surface area contributed by atoms with Crippen LogP contribution in [0, 0.1) is 6.92 Å². The highest BCUT2D eigenvalue weighted by atomic mass is 14.2. The topological polar surface area (TPSA) is 0 Å². The zero-order valence-electron chi connectivity index (χ0n) is 14.0. The van der Waals surface area contributed by atoms with E-state index < -0.39 is 0 Å². The van der Waals surface area contributed by atoms with E-state index in [0.29, 0.717) is 11.8 Å². The van der Waals surface area contributed by atoms with Crippen LogP contribution in [-0.2, 0) is 0 Å². The second kappa shape index (κ2) is 7.12. The summed E-state index contributed by atoms with van der Waals surface area (Å²) < 4.78 is 0. The molecule has 0 saturated heterocycles. The molecule has 0 heteroatoms. The van der Waals surface area contributed by atoms with Crippen LogP contribution in [0.3, 0.4) is 0 Å². The quantitative estimate of drug-likeness (QED) is 0.545. The van der Waals surface area contributed by atoms with Gasteiger partial charge in [0.05, 0.1) is 0 Å². The van der Waals surface area contributed by atoms with Crippen LogP contribution in [0.5, 0.6) is 0 Å². The number of hydrogen-bond acceptors (Lipinski definition) is 0. The molecular weight excluding hydrogens is 228 g/mol. The average Bonchev–Trinajstić information content (AvgIpc) is 2.35. The largest absolute Gasteiger partial charge is 0.0654 e. The van der Waals surface area contributed by atoms with Crippen LogP contribution in [-0.4, -0.2) is 0 Å². The minimum Gasteiger partial charge on any atom is -0.0654 e. The number of rotatable bonds is 6. The molecule has 0 radical (unpaired) electrons. The van der Waals surface area contributed by atoms with E-state index in [0.717, 1.165) is 5.92 Å². The van der Waals surface area contributed by atoms with Crippen molar-refractivity contribution in [3.63, 3.8) is 0 Å². The van der Waals surface area contributed by atoms with Gasteiger partial charge in [-0.2, -0.15) is 0 Å². The maximum atomic E-state index is 2.48. The van der Waals surface area contributed by atoms with Crippen molar-refractivity contribution in [1.82, 2.24) is 0 Å². The van der Waals surface area contributed by atoms with Gasteiger partial charge in [0.15, 0.2) is 0 Å². The second-order valence-electron chi connectivity index (χ2n) is 6.53. The number of benzene rings is 1. The summed E-state index contributed by atoms with van der Waals surface area (Å²) in [6.07, 6.45) is 3.85. The van der Waals surface area contributed by atoms with Gasteiger partial charge in [0.1, 0.15) is 0 Å². The molecule has 1 aromatic rings. The fraction of sp³-hybridized carbons (Fsp3) is 0.684. The molecular formula is C19H32. The molecule has 0 aliphatic rings. The summed E-state index contributed by atoms with van der Waals surface area (Å²) >= 11 is 0. The van der Waals surface area contributed by atoms with Crippen LogP contribution in [0.25, 0.3) is 0 Å². The van der Waals surface area contributed by atoms with Crippen molar-refractivity contribution in [2.45, 2.75) is 85.5 Å². The molecule has 0 nitrogen and oxygen atoms in total. The molecule has 19 heavy (non-hydrogen) atoms. The summed E-state index contributed by atoms with van der Waals surface area (Å²) in [6.45, 7) is 16.2. The maximum Gasteiger partial charge on any atom is -0.0164 e. The molecule has 0 aliphatic heterocycles. The van der Waals surface area contributed by atoms with Crippen LogP contribution in [0.2, 0.25) is 0 Å². The van der Waals surface area contributed by atoms with E-state index in [9.17, 15) is 0 Å². The Morgan fingerprint density at radius 3 is 1.68 bits per heavy atom. The van der Waals surface area contributed by atoms with Crippen molar-refractivity contribution in [2.75, 3.05) is 0 Å². The molecule has 1 aromatic carbocycles. The highest BCUT2D eigenvalue weighted by Crippen LogP contribution is 2.34. The summed E-state index contributed by atoms with van der Waals surface area (Å²) in [5.41, 5.74) is 6.19. The van der Waals surface area contributed by atoms with Crippen LogP contribution in [0.1, 0.15) is 101 Å². The molecule has 0 bridgehead atoms. The lowest BCUT2D eigenvalue weighted by Gasteiger charge is -2.23. The third-order valence-corrected chi connectivity index (χ3v) is 4.36. The minimum atomic E-state index is 0.622. The standard InChI is InChI=1S/C19H32/c1-8-10-16(9-2)17-11-18(13(3)4)15(7)19(12-17)14(5)6/h11-14,16H,8-10H2,1-7H3. The molecule has 0 heterocycles. The zero-order chi connectivity index (χ0) is 14.6. The predicted molar refractivity (Wildman–Crippen MR) is 87.3 cm³/mol. The van der Waals surface area contributed by atoms with Gasteiger partial charge < -0.3 is 0 Å². The molecule has 0 spiro atoms. The lowest BCUT2D eigenvalue weighted by Crippen LogP contribution is -2.05. The average molecular weight is 260 g/mol. The smallest absolute Gasteiger partial charge is 0.0164 e. The molecule has 0 amide bonds. The Labute approximate surface area is 120 Å². The van der Waals surface area contributed by atoms with Crippen molar-refractivity contribution in [2.24, 2.45) is 0 Å². The van der Waals surface area contributed by atoms with Crippen molar-refractivity contribution in [3.8, 4) is 0 Å². The monoisotopic (exact) mass is 260 g/mol. The van der Waals surface area contributed by atoms with E-state index in [-0.39, 0.29) is 0 Å². The summed E-state index contributed by atoms with van der Waals surface area (Å²) in [5, 5.41) is 0. The fourth-order valence-electron chi connectivity index (χ4n) is 3.17. The SMILES string of the molecule is CCCC(CC)c1cc(C(C)C)c(C)c(C(C)C)c1. The summed E-state index contributed by atoms with van der Waals surface area (Å²) in [6, 6.07) is 4.96. The first kappa shape index (κ1) is 16.3. The summed E-state index contributed by atoms with van der Waals surface area (Å²) in [5.74, 6) is 1.98. The van der Waals surface area contributed by atoms with E-state index in [2.05, 4.69) is 60.6 Å².